The van der Waals surface area contributed by atoms with Gasteiger partial charge in [0.25, 0.3) is 0 Å². The highest BCUT2D eigenvalue weighted by Crippen LogP contribution is 2.53. The van der Waals surface area contributed by atoms with E-state index in [1.54, 1.807) is 19.5 Å². The molecule has 0 radical (unpaired) electrons. The first-order chi connectivity index (χ1) is 15.7. The second kappa shape index (κ2) is 7.43. The van der Waals surface area contributed by atoms with E-state index in [9.17, 15) is 4.79 Å². The van der Waals surface area contributed by atoms with Crippen LogP contribution in [0.3, 0.4) is 0 Å². The maximum Gasteiger partial charge on any atom is 0.233 e. The minimum absolute atomic E-state index is 0.204. The van der Waals surface area contributed by atoms with Gasteiger partial charge < -0.3 is 14.2 Å². The minimum atomic E-state index is -0.348. The average Bonchev–Trinajstić information content (AvgIpc) is 3.43. The fourth-order valence-electron chi connectivity index (χ4n) is 5.64. The van der Waals surface area contributed by atoms with Gasteiger partial charge in [-0.3, -0.25) is 9.78 Å². The highest BCUT2D eigenvalue weighted by Gasteiger charge is 2.57. The Bertz CT molecular complexity index is 1110. The van der Waals surface area contributed by atoms with Crippen molar-refractivity contribution in [1.29, 1.82) is 0 Å². The van der Waals surface area contributed by atoms with E-state index in [0.29, 0.717) is 17.6 Å². The van der Waals surface area contributed by atoms with Crippen molar-refractivity contribution in [2.75, 3.05) is 7.11 Å². The number of fused-ring (bicyclic) bond motifs is 2. The molecule has 0 spiro atoms. The van der Waals surface area contributed by atoms with Crippen LogP contribution in [0.25, 0.3) is 11.4 Å². The third-order valence-corrected chi connectivity index (χ3v) is 7.50. The van der Waals surface area contributed by atoms with E-state index in [1.807, 2.05) is 24.3 Å². The molecule has 7 nitrogen and oxygen atoms in total. The van der Waals surface area contributed by atoms with Gasteiger partial charge in [-0.1, -0.05) is 17.3 Å². The van der Waals surface area contributed by atoms with Crippen molar-refractivity contribution >= 4 is 5.91 Å². The van der Waals surface area contributed by atoms with Crippen LogP contribution in [0, 0.1) is 0 Å². The van der Waals surface area contributed by atoms with Gasteiger partial charge in [-0.25, -0.2) is 0 Å². The first-order valence-corrected chi connectivity index (χ1v) is 11.4. The molecule has 2 saturated heterocycles. The lowest BCUT2D eigenvalue weighted by Gasteiger charge is -2.40. The van der Waals surface area contributed by atoms with E-state index in [-0.39, 0.29) is 23.4 Å². The summed E-state index contributed by atoms with van der Waals surface area (Å²) in [5.41, 5.74) is 1.67. The SMILES string of the molecule is COc1ccc(C2(C(=O)N3C4CCC3CC(c3nc(-c5ccncc5)no3)C4)CC2)cc1. The molecule has 4 heterocycles. The number of carbonyl (C=O) groups is 1. The maximum absolute atomic E-state index is 13.8. The zero-order valence-corrected chi connectivity index (χ0v) is 18.1. The van der Waals surface area contributed by atoms with Crippen LogP contribution in [-0.4, -0.2) is 45.1 Å². The van der Waals surface area contributed by atoms with Gasteiger partial charge in [0.15, 0.2) is 0 Å². The van der Waals surface area contributed by atoms with Gasteiger partial charge in [0, 0.05) is 36.0 Å². The lowest BCUT2D eigenvalue weighted by Crippen LogP contribution is -2.50. The highest BCUT2D eigenvalue weighted by molar-refractivity contribution is 5.92. The van der Waals surface area contributed by atoms with Crippen molar-refractivity contribution < 1.29 is 14.1 Å². The molecule has 2 aliphatic heterocycles. The third-order valence-electron chi connectivity index (χ3n) is 7.50. The molecular formula is C25H26N4O3. The molecule has 1 amide bonds. The summed E-state index contributed by atoms with van der Waals surface area (Å²) in [6.07, 6.45) is 9.19. The fraction of sp³-hybridized carbons (Fsp3) is 0.440. The molecule has 2 bridgehead atoms. The predicted molar refractivity (Wildman–Crippen MR) is 117 cm³/mol. The number of pyridine rings is 1. The number of hydrogen-bond acceptors (Lipinski definition) is 6. The number of benzene rings is 1. The topological polar surface area (TPSA) is 81.4 Å². The van der Waals surface area contributed by atoms with Crippen LogP contribution in [0.5, 0.6) is 5.75 Å². The Kier molecular flexibility index (Phi) is 4.52. The van der Waals surface area contributed by atoms with Gasteiger partial charge in [0.2, 0.25) is 17.6 Å². The van der Waals surface area contributed by atoms with Crippen LogP contribution in [0.1, 0.15) is 55.9 Å². The Morgan fingerprint density at radius 1 is 1.06 bits per heavy atom. The fourth-order valence-corrected chi connectivity index (χ4v) is 5.64. The molecule has 0 N–H and O–H groups in total. The van der Waals surface area contributed by atoms with Crippen molar-refractivity contribution in [2.45, 2.75) is 61.9 Å². The summed E-state index contributed by atoms with van der Waals surface area (Å²) in [7, 11) is 1.66. The number of carbonyl (C=O) groups excluding carboxylic acids is 1. The number of amides is 1. The Morgan fingerprint density at radius 2 is 1.75 bits per heavy atom. The van der Waals surface area contributed by atoms with Gasteiger partial charge in [0.1, 0.15) is 5.75 Å². The summed E-state index contributed by atoms with van der Waals surface area (Å²) >= 11 is 0. The number of ether oxygens (including phenoxy) is 1. The molecule has 2 aromatic heterocycles. The third kappa shape index (κ3) is 3.10. The molecule has 164 valence electrons. The molecular weight excluding hydrogens is 404 g/mol. The second-order valence-corrected chi connectivity index (χ2v) is 9.27. The zero-order chi connectivity index (χ0) is 21.7. The van der Waals surface area contributed by atoms with Crippen LogP contribution in [0.2, 0.25) is 0 Å². The van der Waals surface area contributed by atoms with Crippen LogP contribution in [-0.2, 0) is 10.2 Å². The molecule has 3 aromatic rings. The van der Waals surface area contributed by atoms with E-state index in [0.717, 1.165) is 55.4 Å². The first-order valence-electron chi connectivity index (χ1n) is 11.4. The molecule has 1 aromatic carbocycles. The van der Waals surface area contributed by atoms with Gasteiger partial charge >= 0.3 is 0 Å². The highest BCUT2D eigenvalue weighted by atomic mass is 16.5. The summed E-state index contributed by atoms with van der Waals surface area (Å²) in [6.45, 7) is 0. The molecule has 7 heteroatoms. The van der Waals surface area contributed by atoms with E-state index >= 15 is 0 Å². The lowest BCUT2D eigenvalue weighted by atomic mass is 9.87. The number of hydrogen-bond donors (Lipinski definition) is 0. The van der Waals surface area contributed by atoms with Gasteiger partial charge in [-0.2, -0.15) is 4.98 Å². The van der Waals surface area contributed by atoms with Crippen LogP contribution in [0.4, 0.5) is 0 Å². The van der Waals surface area contributed by atoms with E-state index in [4.69, 9.17) is 9.26 Å². The zero-order valence-electron chi connectivity index (χ0n) is 18.1. The summed E-state index contributed by atoms with van der Waals surface area (Å²) < 4.78 is 10.9. The molecule has 1 saturated carbocycles. The average molecular weight is 431 g/mol. The summed E-state index contributed by atoms with van der Waals surface area (Å²) in [5, 5.41) is 4.18. The largest absolute Gasteiger partial charge is 0.497 e. The molecule has 32 heavy (non-hydrogen) atoms. The Hall–Kier alpha value is -3.22. The Morgan fingerprint density at radius 3 is 2.38 bits per heavy atom. The molecule has 6 rings (SSSR count). The quantitative estimate of drug-likeness (QED) is 0.606. The Labute approximate surface area is 186 Å². The summed E-state index contributed by atoms with van der Waals surface area (Å²) in [5.74, 6) is 2.62. The number of aromatic nitrogens is 3. The van der Waals surface area contributed by atoms with E-state index in [2.05, 4.69) is 32.2 Å². The van der Waals surface area contributed by atoms with Crippen molar-refractivity contribution in [3.05, 3.63) is 60.2 Å². The smallest absolute Gasteiger partial charge is 0.233 e. The number of piperidine rings is 1. The van der Waals surface area contributed by atoms with Gasteiger partial charge in [-0.15, -0.1) is 0 Å². The van der Waals surface area contributed by atoms with Crippen LogP contribution < -0.4 is 4.74 Å². The van der Waals surface area contributed by atoms with Crippen molar-refractivity contribution in [3.63, 3.8) is 0 Å². The van der Waals surface area contributed by atoms with E-state index in [1.165, 1.54) is 0 Å². The molecule has 2 unspecified atom stereocenters. The predicted octanol–water partition coefficient (Wildman–Crippen LogP) is 4.11. The number of nitrogens with zero attached hydrogens (tertiary/aromatic N) is 4. The molecule has 2 atom stereocenters. The summed E-state index contributed by atoms with van der Waals surface area (Å²) in [6, 6.07) is 12.3. The molecule has 1 aliphatic carbocycles. The molecule has 3 fully saturated rings. The second-order valence-electron chi connectivity index (χ2n) is 9.27. The van der Waals surface area contributed by atoms with Crippen molar-refractivity contribution in [1.82, 2.24) is 20.0 Å². The minimum Gasteiger partial charge on any atom is -0.497 e. The van der Waals surface area contributed by atoms with Crippen molar-refractivity contribution in [3.8, 4) is 17.1 Å². The number of methoxy groups -OCH3 is 1. The van der Waals surface area contributed by atoms with Crippen LogP contribution >= 0.6 is 0 Å². The monoisotopic (exact) mass is 430 g/mol. The standard InChI is InChI=1S/C25H26N4O3/c1-31-21-6-2-18(3-7-21)25(10-11-25)24(30)29-19-4-5-20(29)15-17(14-19)23-27-22(28-32-23)16-8-12-26-13-9-16/h2-3,6-9,12-13,17,19-20H,4-5,10-11,14-15H2,1H3. The first kappa shape index (κ1) is 19.5. The Balaban J connectivity index is 1.20. The number of rotatable bonds is 5. The van der Waals surface area contributed by atoms with E-state index < -0.39 is 0 Å². The molecule has 3 aliphatic rings. The van der Waals surface area contributed by atoms with Gasteiger partial charge in [-0.05, 0) is 68.4 Å². The lowest BCUT2D eigenvalue weighted by molar-refractivity contribution is -0.138. The van der Waals surface area contributed by atoms with Crippen LogP contribution in [0.15, 0.2) is 53.3 Å². The maximum atomic E-state index is 13.8. The normalized spacial score (nSPS) is 25.5. The van der Waals surface area contributed by atoms with Gasteiger partial charge in [0.05, 0.1) is 12.5 Å². The van der Waals surface area contributed by atoms with Crippen molar-refractivity contribution in [2.24, 2.45) is 0 Å². The summed E-state index contributed by atoms with van der Waals surface area (Å²) in [4.78, 5) is 24.7.